The van der Waals surface area contributed by atoms with Crippen molar-refractivity contribution in [2.45, 2.75) is 58.3 Å². The molecule has 0 saturated carbocycles. The molecule has 12 heteroatoms. The zero-order valence-corrected chi connectivity index (χ0v) is 23.9. The Morgan fingerprint density at radius 2 is 1.93 bits per heavy atom. The predicted octanol–water partition coefficient (Wildman–Crippen LogP) is 5.21. The molecule has 42 heavy (non-hydrogen) atoms. The number of aromatic nitrogens is 5. The van der Waals surface area contributed by atoms with Crippen molar-refractivity contribution in [2.75, 3.05) is 18.4 Å². The van der Waals surface area contributed by atoms with Crippen molar-refractivity contribution in [3.8, 4) is 11.7 Å². The summed E-state index contributed by atoms with van der Waals surface area (Å²) in [4.78, 5) is 41.2. The largest absolute Gasteiger partial charge is 0.474 e. The number of hydrogen-bond acceptors (Lipinski definition) is 8. The van der Waals surface area contributed by atoms with Gasteiger partial charge in [-0.05, 0) is 63.9 Å². The van der Waals surface area contributed by atoms with Gasteiger partial charge in [0.2, 0.25) is 11.8 Å². The van der Waals surface area contributed by atoms with Crippen molar-refractivity contribution in [1.29, 1.82) is 0 Å². The molecule has 0 aliphatic carbocycles. The van der Waals surface area contributed by atoms with Gasteiger partial charge in [-0.3, -0.25) is 4.79 Å². The van der Waals surface area contributed by atoms with E-state index in [4.69, 9.17) is 14.5 Å². The number of ether oxygens (including phenoxy) is 2. The smallest absolute Gasteiger partial charge is 0.410 e. The van der Waals surface area contributed by atoms with Gasteiger partial charge in [-0.2, -0.15) is 9.97 Å². The fourth-order valence-electron chi connectivity index (χ4n) is 4.72. The van der Waals surface area contributed by atoms with E-state index in [0.717, 1.165) is 12.8 Å². The van der Waals surface area contributed by atoms with Gasteiger partial charge in [-0.15, -0.1) is 6.58 Å². The van der Waals surface area contributed by atoms with Crippen LogP contribution in [0.5, 0.6) is 5.88 Å². The number of nitrogens with one attached hydrogen (secondary N) is 1. The maximum Gasteiger partial charge on any atom is 0.410 e. The minimum absolute atomic E-state index is 0.147. The van der Waals surface area contributed by atoms with E-state index in [-0.39, 0.29) is 36.1 Å². The molecule has 220 valence electrons. The quantitative estimate of drug-likeness (QED) is 0.299. The van der Waals surface area contributed by atoms with Crippen LogP contribution in [-0.2, 0) is 11.3 Å². The molecule has 1 aromatic carbocycles. The minimum Gasteiger partial charge on any atom is -0.474 e. The summed E-state index contributed by atoms with van der Waals surface area (Å²) >= 11 is 0. The lowest BCUT2D eigenvalue weighted by atomic mass is 10.2. The molecule has 4 aromatic rings. The van der Waals surface area contributed by atoms with E-state index < -0.39 is 5.60 Å². The van der Waals surface area contributed by atoms with Crippen LogP contribution in [0.3, 0.4) is 0 Å². The molecule has 0 bridgehead atoms. The monoisotopic (exact) mass is 575 g/mol. The summed E-state index contributed by atoms with van der Waals surface area (Å²) in [6, 6.07) is 11.1. The maximum absolute atomic E-state index is 13.4. The van der Waals surface area contributed by atoms with Gasteiger partial charge in [-0.1, -0.05) is 12.1 Å². The zero-order chi connectivity index (χ0) is 29.9. The van der Waals surface area contributed by atoms with Crippen molar-refractivity contribution < 1.29 is 18.7 Å². The van der Waals surface area contributed by atoms with Crippen LogP contribution in [0.15, 0.2) is 66.1 Å². The second-order valence-electron chi connectivity index (χ2n) is 11.0. The molecule has 1 aliphatic rings. The van der Waals surface area contributed by atoms with Gasteiger partial charge in [0.05, 0.1) is 6.54 Å². The van der Waals surface area contributed by atoms with Crippen molar-refractivity contribution in [1.82, 2.24) is 29.2 Å². The number of halogens is 1. The van der Waals surface area contributed by atoms with Crippen molar-refractivity contribution in [3.05, 3.63) is 77.5 Å². The standard InChI is InChI=1S/C30H34FN7O4/c1-5-16-37-27(39)23-19-32-28(33-21-13-11-20(31)12-14-21)35-26(23)38(37)24-9-6-10-25(34-24)41-22-8-7-17-36(18-15-22)29(40)42-30(2,3)4/h5-6,9-14,19,22H,1,7-8,15-18H2,2-4H3,(H,32,33,35)/t22-/m0/s1. The van der Waals surface area contributed by atoms with Crippen molar-refractivity contribution in [2.24, 2.45) is 0 Å². The Hall–Kier alpha value is -4.74. The van der Waals surface area contributed by atoms with E-state index in [1.807, 2.05) is 20.8 Å². The molecule has 1 N–H and O–H groups in total. The maximum atomic E-state index is 13.4. The molecule has 0 spiro atoms. The summed E-state index contributed by atoms with van der Waals surface area (Å²) in [5.74, 6) is 0.696. The number of anilines is 2. The van der Waals surface area contributed by atoms with E-state index in [1.165, 1.54) is 23.0 Å². The summed E-state index contributed by atoms with van der Waals surface area (Å²) in [7, 11) is 0. The third kappa shape index (κ3) is 6.59. The number of nitrogens with zero attached hydrogens (tertiary/aromatic N) is 6. The third-order valence-corrected chi connectivity index (χ3v) is 6.62. The lowest BCUT2D eigenvalue weighted by Crippen LogP contribution is -2.37. The SMILES string of the molecule is C=CCn1c(=O)c2cnc(Nc3ccc(F)cc3)nc2n1-c1cccc(O[C@H]2CCCN(C(=O)OC(C)(C)C)CC2)n1. The first-order chi connectivity index (χ1) is 20.1. The van der Waals surface area contributed by atoms with Crippen LogP contribution < -0.4 is 15.6 Å². The molecule has 0 unspecified atom stereocenters. The molecule has 1 atom stereocenters. The number of carbonyl (C=O) groups is 1. The first-order valence-corrected chi connectivity index (χ1v) is 13.9. The van der Waals surface area contributed by atoms with Crippen LogP contribution >= 0.6 is 0 Å². The Kier molecular flexibility index (Phi) is 8.23. The summed E-state index contributed by atoms with van der Waals surface area (Å²) in [5.41, 5.74) is 0.0878. The number of likely N-dealkylation sites (tertiary alicyclic amines) is 1. The van der Waals surface area contributed by atoms with Crippen molar-refractivity contribution in [3.63, 3.8) is 0 Å². The normalized spacial score (nSPS) is 15.7. The average molecular weight is 576 g/mol. The van der Waals surface area contributed by atoms with Crippen LogP contribution in [0.4, 0.5) is 20.8 Å². The number of amides is 1. The summed E-state index contributed by atoms with van der Waals surface area (Å²) in [6.07, 6.45) is 4.75. The molecule has 1 fully saturated rings. The van der Waals surface area contributed by atoms with Gasteiger partial charge in [0.15, 0.2) is 11.5 Å². The zero-order valence-electron chi connectivity index (χ0n) is 23.9. The molecule has 1 amide bonds. The number of fused-ring (bicyclic) bond motifs is 1. The van der Waals surface area contributed by atoms with E-state index in [9.17, 15) is 14.0 Å². The molecule has 1 saturated heterocycles. The number of benzene rings is 1. The number of hydrogen-bond donors (Lipinski definition) is 1. The topological polar surface area (TPSA) is 116 Å². The molecule has 4 heterocycles. The molecular formula is C30H34FN7O4. The second kappa shape index (κ2) is 12.0. The van der Waals surface area contributed by atoms with E-state index >= 15 is 0 Å². The van der Waals surface area contributed by atoms with Gasteiger partial charge < -0.3 is 19.7 Å². The van der Waals surface area contributed by atoms with Gasteiger partial charge in [0.25, 0.3) is 5.56 Å². The highest BCUT2D eigenvalue weighted by molar-refractivity contribution is 5.77. The van der Waals surface area contributed by atoms with Crippen LogP contribution in [0, 0.1) is 5.82 Å². The Morgan fingerprint density at radius 1 is 1.14 bits per heavy atom. The second-order valence-corrected chi connectivity index (χ2v) is 11.0. The van der Waals surface area contributed by atoms with E-state index in [0.29, 0.717) is 47.9 Å². The lowest BCUT2D eigenvalue weighted by molar-refractivity contribution is 0.0252. The Bertz CT molecular complexity index is 1640. The molecule has 3 aromatic heterocycles. The molecule has 11 nitrogen and oxygen atoms in total. The first kappa shape index (κ1) is 28.8. The predicted molar refractivity (Wildman–Crippen MR) is 157 cm³/mol. The summed E-state index contributed by atoms with van der Waals surface area (Å²) in [6.45, 7) is 10.7. The number of pyridine rings is 1. The number of rotatable bonds is 7. The van der Waals surface area contributed by atoms with Crippen LogP contribution in [-0.4, -0.2) is 60.1 Å². The third-order valence-electron chi connectivity index (χ3n) is 6.62. The van der Waals surface area contributed by atoms with Gasteiger partial charge >= 0.3 is 6.09 Å². The van der Waals surface area contributed by atoms with Crippen LogP contribution in [0.2, 0.25) is 0 Å². The minimum atomic E-state index is -0.554. The van der Waals surface area contributed by atoms with E-state index in [2.05, 4.69) is 21.9 Å². The fourth-order valence-corrected chi connectivity index (χ4v) is 4.72. The highest BCUT2D eigenvalue weighted by atomic mass is 19.1. The Balaban J connectivity index is 1.41. The lowest BCUT2D eigenvalue weighted by Gasteiger charge is -2.26. The molecule has 5 rings (SSSR count). The van der Waals surface area contributed by atoms with Crippen LogP contribution in [0.25, 0.3) is 16.9 Å². The number of carbonyl (C=O) groups excluding carboxylic acids is 1. The fraction of sp³-hybridized carbons (Fsp3) is 0.367. The Morgan fingerprint density at radius 3 is 2.67 bits per heavy atom. The molecule has 1 aliphatic heterocycles. The highest BCUT2D eigenvalue weighted by Gasteiger charge is 2.26. The number of allylic oxidation sites excluding steroid dienone is 1. The average Bonchev–Trinajstić information content (AvgIpc) is 3.06. The Labute approximate surface area is 242 Å². The summed E-state index contributed by atoms with van der Waals surface area (Å²) < 4.78 is 28.2. The van der Waals surface area contributed by atoms with Gasteiger partial charge in [0, 0.05) is 37.5 Å². The van der Waals surface area contributed by atoms with E-state index in [1.54, 1.807) is 46.0 Å². The molecular weight excluding hydrogens is 541 g/mol. The summed E-state index contributed by atoms with van der Waals surface area (Å²) in [5, 5.41) is 3.35. The molecule has 0 radical (unpaired) electrons. The van der Waals surface area contributed by atoms with Crippen molar-refractivity contribution >= 4 is 28.8 Å². The van der Waals surface area contributed by atoms with Gasteiger partial charge in [0.1, 0.15) is 22.9 Å². The van der Waals surface area contributed by atoms with Gasteiger partial charge in [-0.25, -0.2) is 23.5 Å². The van der Waals surface area contributed by atoms with Crippen LogP contribution in [0.1, 0.15) is 40.0 Å². The first-order valence-electron chi connectivity index (χ1n) is 13.9. The highest BCUT2D eigenvalue weighted by Crippen LogP contribution is 2.23.